The maximum Gasteiger partial charge on any atom is 0.305 e. The van der Waals surface area contributed by atoms with Crippen LogP contribution in [-0.4, -0.2) is 30.4 Å². The molecule has 0 atom stereocenters. The normalized spacial score (nSPS) is 13.8. The van der Waals surface area contributed by atoms with Gasteiger partial charge in [0.15, 0.2) is 0 Å². The Morgan fingerprint density at radius 1 is 1.35 bits per heavy atom. The molecule has 1 aliphatic heterocycles. The molecule has 1 aliphatic rings. The van der Waals surface area contributed by atoms with Crippen molar-refractivity contribution in [1.29, 1.82) is 0 Å². The van der Waals surface area contributed by atoms with E-state index in [9.17, 15) is 9.59 Å². The number of benzene rings is 1. The van der Waals surface area contributed by atoms with Gasteiger partial charge in [0.2, 0.25) is 5.91 Å². The number of amides is 1. The quantitative estimate of drug-likeness (QED) is 0.792. The predicted molar refractivity (Wildman–Crippen MR) is 79.1 cm³/mol. The van der Waals surface area contributed by atoms with Gasteiger partial charge in [0, 0.05) is 30.4 Å². The van der Waals surface area contributed by atoms with E-state index >= 15 is 0 Å². The van der Waals surface area contributed by atoms with E-state index in [2.05, 4.69) is 26.7 Å². The Kier molecular flexibility index (Phi) is 5.17. The lowest BCUT2D eigenvalue weighted by atomic mass is 9.99. The second kappa shape index (κ2) is 6.88. The highest BCUT2D eigenvalue weighted by Gasteiger charge is 2.21. The minimum Gasteiger partial charge on any atom is -0.469 e. The molecule has 0 fully saturated rings. The molecule has 0 N–H and O–H groups in total. The summed E-state index contributed by atoms with van der Waals surface area (Å²) in [6, 6.07) is 6.14. The first-order chi connectivity index (χ1) is 9.61. The Hall–Kier alpha value is -1.36. The molecule has 1 aromatic rings. The number of carbonyl (C=O) groups excluding carboxylic acids is 2. The summed E-state index contributed by atoms with van der Waals surface area (Å²) in [6.45, 7) is 1.40. The number of nitrogens with zero attached hydrogens (tertiary/aromatic N) is 1. The third-order valence-electron chi connectivity index (χ3n) is 3.57. The van der Waals surface area contributed by atoms with E-state index in [-0.39, 0.29) is 11.9 Å². The summed E-state index contributed by atoms with van der Waals surface area (Å²) in [6.07, 6.45) is 2.13. The number of ether oxygens (including phenoxy) is 1. The van der Waals surface area contributed by atoms with Crippen LogP contribution in [0.15, 0.2) is 22.7 Å². The van der Waals surface area contributed by atoms with E-state index in [1.165, 1.54) is 18.2 Å². The zero-order chi connectivity index (χ0) is 14.5. The fraction of sp³-hybridized carbons (Fsp3) is 0.467. The molecule has 0 radical (unpaired) electrons. The molecule has 5 heteroatoms. The van der Waals surface area contributed by atoms with Crippen molar-refractivity contribution < 1.29 is 14.3 Å². The first-order valence-corrected chi connectivity index (χ1v) is 7.52. The minimum absolute atomic E-state index is 0.107. The summed E-state index contributed by atoms with van der Waals surface area (Å²) < 4.78 is 5.63. The molecule has 1 aromatic carbocycles. The number of hydrogen-bond acceptors (Lipinski definition) is 3. The second-order valence-electron chi connectivity index (χ2n) is 4.87. The highest BCUT2D eigenvalue weighted by atomic mass is 79.9. The van der Waals surface area contributed by atoms with Gasteiger partial charge in [0.1, 0.15) is 0 Å². The Morgan fingerprint density at radius 2 is 2.15 bits per heavy atom. The van der Waals surface area contributed by atoms with Gasteiger partial charge in [-0.15, -0.1) is 0 Å². The minimum atomic E-state index is -0.260. The molecule has 0 saturated heterocycles. The number of rotatable bonds is 4. The fourth-order valence-electron chi connectivity index (χ4n) is 2.40. The average molecular weight is 340 g/mol. The van der Waals surface area contributed by atoms with Crippen molar-refractivity contribution in [3.05, 3.63) is 33.8 Å². The van der Waals surface area contributed by atoms with Crippen LogP contribution in [0.4, 0.5) is 0 Å². The molecule has 0 saturated carbocycles. The molecule has 0 spiro atoms. The molecule has 2 rings (SSSR count). The van der Waals surface area contributed by atoms with Crippen LogP contribution in [0.25, 0.3) is 0 Å². The Bertz CT molecular complexity index is 516. The van der Waals surface area contributed by atoms with Crippen LogP contribution in [0.2, 0.25) is 0 Å². The standard InChI is InChI=1S/C15H18BrNO3/c1-20-15(19)7-3-6-14(18)17-9-8-11-4-2-5-13(16)12(11)10-17/h2,4-5H,3,6-10H2,1H3. The van der Waals surface area contributed by atoms with Gasteiger partial charge < -0.3 is 9.64 Å². The smallest absolute Gasteiger partial charge is 0.305 e. The first kappa shape index (κ1) is 15.0. The van der Waals surface area contributed by atoms with E-state index in [0.717, 1.165) is 17.4 Å². The van der Waals surface area contributed by atoms with E-state index < -0.39 is 0 Å². The monoisotopic (exact) mass is 339 g/mol. The van der Waals surface area contributed by atoms with E-state index in [4.69, 9.17) is 0 Å². The van der Waals surface area contributed by atoms with Crippen LogP contribution >= 0.6 is 15.9 Å². The van der Waals surface area contributed by atoms with Gasteiger partial charge in [0.05, 0.1) is 7.11 Å². The SMILES string of the molecule is COC(=O)CCCC(=O)N1CCc2cccc(Br)c2C1. The molecule has 0 unspecified atom stereocenters. The lowest BCUT2D eigenvalue weighted by Gasteiger charge is -2.29. The Morgan fingerprint density at radius 3 is 2.90 bits per heavy atom. The van der Waals surface area contributed by atoms with Crippen molar-refractivity contribution in [2.24, 2.45) is 0 Å². The third kappa shape index (κ3) is 3.60. The van der Waals surface area contributed by atoms with Crippen LogP contribution in [0, 0.1) is 0 Å². The number of esters is 1. The summed E-state index contributed by atoms with van der Waals surface area (Å²) in [5.74, 6) is -0.153. The van der Waals surface area contributed by atoms with E-state index in [0.29, 0.717) is 25.8 Å². The van der Waals surface area contributed by atoms with Crippen LogP contribution in [0.1, 0.15) is 30.4 Å². The molecule has 0 aromatic heterocycles. The Balaban J connectivity index is 1.90. The Labute approximate surface area is 127 Å². The van der Waals surface area contributed by atoms with E-state index in [1.54, 1.807) is 0 Å². The van der Waals surface area contributed by atoms with E-state index in [1.807, 2.05) is 17.0 Å². The molecule has 1 heterocycles. The summed E-state index contributed by atoms with van der Waals surface area (Å²) >= 11 is 3.54. The number of methoxy groups -OCH3 is 1. The van der Waals surface area contributed by atoms with Gasteiger partial charge in [-0.2, -0.15) is 0 Å². The zero-order valence-electron chi connectivity index (χ0n) is 11.5. The van der Waals surface area contributed by atoms with Gasteiger partial charge in [-0.25, -0.2) is 0 Å². The number of fused-ring (bicyclic) bond motifs is 1. The van der Waals surface area contributed by atoms with Crippen molar-refractivity contribution in [2.45, 2.75) is 32.2 Å². The van der Waals surface area contributed by atoms with Crippen molar-refractivity contribution in [1.82, 2.24) is 4.90 Å². The van der Waals surface area contributed by atoms with Crippen LogP contribution in [-0.2, 0) is 27.3 Å². The number of halogens is 1. The summed E-state index contributed by atoms with van der Waals surface area (Å²) in [5.41, 5.74) is 2.50. The molecular formula is C15H18BrNO3. The lowest BCUT2D eigenvalue weighted by molar-refractivity contribution is -0.141. The predicted octanol–water partition coefficient (Wildman–Crippen LogP) is 2.68. The topological polar surface area (TPSA) is 46.6 Å². The number of hydrogen-bond donors (Lipinski definition) is 0. The van der Waals surface area contributed by atoms with Crippen LogP contribution in [0.5, 0.6) is 0 Å². The number of carbonyl (C=O) groups is 2. The van der Waals surface area contributed by atoms with Gasteiger partial charge >= 0.3 is 5.97 Å². The maximum absolute atomic E-state index is 12.1. The summed E-state index contributed by atoms with van der Waals surface area (Å²) in [5, 5.41) is 0. The highest BCUT2D eigenvalue weighted by molar-refractivity contribution is 9.10. The average Bonchev–Trinajstić information content (AvgIpc) is 2.47. The molecule has 0 bridgehead atoms. The van der Waals surface area contributed by atoms with Crippen LogP contribution in [0.3, 0.4) is 0 Å². The fourth-order valence-corrected chi connectivity index (χ4v) is 2.93. The van der Waals surface area contributed by atoms with Gasteiger partial charge in [-0.05, 0) is 30.0 Å². The summed E-state index contributed by atoms with van der Waals surface area (Å²) in [7, 11) is 1.36. The summed E-state index contributed by atoms with van der Waals surface area (Å²) in [4.78, 5) is 25.0. The second-order valence-corrected chi connectivity index (χ2v) is 5.73. The molecule has 4 nitrogen and oxygen atoms in total. The first-order valence-electron chi connectivity index (χ1n) is 6.72. The van der Waals surface area contributed by atoms with Gasteiger partial charge in [-0.1, -0.05) is 28.1 Å². The molecule has 1 amide bonds. The largest absolute Gasteiger partial charge is 0.469 e. The third-order valence-corrected chi connectivity index (χ3v) is 4.31. The molecular weight excluding hydrogens is 322 g/mol. The van der Waals surface area contributed by atoms with Gasteiger partial charge in [-0.3, -0.25) is 9.59 Å². The highest BCUT2D eigenvalue weighted by Crippen LogP contribution is 2.26. The van der Waals surface area contributed by atoms with Gasteiger partial charge in [0.25, 0.3) is 0 Å². The molecule has 108 valence electrons. The maximum atomic E-state index is 12.1. The van der Waals surface area contributed by atoms with Crippen molar-refractivity contribution in [2.75, 3.05) is 13.7 Å². The van der Waals surface area contributed by atoms with Crippen LogP contribution < -0.4 is 0 Å². The van der Waals surface area contributed by atoms with Crippen molar-refractivity contribution in [3.63, 3.8) is 0 Å². The van der Waals surface area contributed by atoms with Crippen molar-refractivity contribution in [3.8, 4) is 0 Å². The molecule has 0 aliphatic carbocycles. The zero-order valence-corrected chi connectivity index (χ0v) is 13.1. The van der Waals surface area contributed by atoms with Crippen molar-refractivity contribution >= 4 is 27.8 Å². The lowest BCUT2D eigenvalue weighted by Crippen LogP contribution is -2.36. The molecule has 20 heavy (non-hydrogen) atoms.